The lowest BCUT2D eigenvalue weighted by atomic mass is 10.1. The van der Waals surface area contributed by atoms with E-state index in [-0.39, 0.29) is 10.6 Å². The molecule has 0 atom stereocenters. The Morgan fingerprint density at radius 2 is 2.13 bits per heavy atom. The summed E-state index contributed by atoms with van der Waals surface area (Å²) in [6.07, 6.45) is 1.51. The van der Waals surface area contributed by atoms with Gasteiger partial charge in [-0.15, -0.1) is 0 Å². The van der Waals surface area contributed by atoms with Crippen LogP contribution in [0.5, 0.6) is 0 Å². The zero-order valence-corrected chi connectivity index (χ0v) is 9.83. The number of hydrogen-bond donors (Lipinski definition) is 1. The number of nitrogens with two attached hydrogens (primary N) is 1. The molecule has 0 saturated heterocycles. The summed E-state index contributed by atoms with van der Waals surface area (Å²) in [6, 6.07) is 7.01. The second kappa shape index (κ2) is 5.13. The molecule has 2 N–H and O–H groups in total. The third kappa shape index (κ3) is 2.93. The molecule has 0 bridgehead atoms. The first-order valence-electron chi connectivity index (χ1n) is 3.92. The smallest absolute Gasteiger partial charge is 0.114 e. The molecule has 1 aromatic rings. The van der Waals surface area contributed by atoms with E-state index in [2.05, 4.69) is 0 Å². The highest BCUT2D eigenvalue weighted by atomic mass is 35.5. The molecule has 15 heavy (non-hydrogen) atoms. The monoisotopic (exact) mass is 256 g/mol. The highest BCUT2D eigenvalue weighted by Crippen LogP contribution is 2.27. The van der Waals surface area contributed by atoms with Gasteiger partial charge >= 0.3 is 0 Å². The highest BCUT2D eigenvalue weighted by Gasteiger charge is 2.05. The summed E-state index contributed by atoms with van der Waals surface area (Å²) in [6.45, 7) is 0. The molecular weight excluding hydrogens is 251 g/mol. The average Bonchev–Trinajstić information content (AvgIpc) is 2.19. The topological polar surface area (TPSA) is 49.8 Å². The lowest BCUT2D eigenvalue weighted by Gasteiger charge is -2.01. The van der Waals surface area contributed by atoms with Crippen LogP contribution in [0.2, 0.25) is 10.0 Å². The van der Waals surface area contributed by atoms with Crippen LogP contribution in [0.1, 0.15) is 5.56 Å². The fourth-order valence-corrected chi connectivity index (χ4v) is 1.41. The van der Waals surface area contributed by atoms with Gasteiger partial charge < -0.3 is 5.73 Å². The zero-order chi connectivity index (χ0) is 11.4. The first-order valence-corrected chi connectivity index (χ1v) is 5.08. The molecule has 0 fully saturated rings. The Balaban J connectivity index is 3.25. The molecule has 0 aliphatic heterocycles. The van der Waals surface area contributed by atoms with Gasteiger partial charge in [0, 0.05) is 0 Å². The molecule has 0 heterocycles. The molecule has 1 rings (SSSR count). The van der Waals surface area contributed by atoms with Crippen molar-refractivity contribution in [2.24, 2.45) is 5.73 Å². The van der Waals surface area contributed by atoms with E-state index in [0.717, 1.165) is 0 Å². The normalized spacial score (nSPS) is 10.9. The van der Waals surface area contributed by atoms with Gasteiger partial charge in [0.05, 0.1) is 15.6 Å². The summed E-state index contributed by atoms with van der Waals surface area (Å²) < 4.78 is 0. The molecule has 0 unspecified atom stereocenters. The van der Waals surface area contributed by atoms with E-state index in [4.69, 9.17) is 46.4 Å². The Bertz CT molecular complexity index is 475. The van der Waals surface area contributed by atoms with Crippen molar-refractivity contribution in [2.45, 2.75) is 0 Å². The van der Waals surface area contributed by atoms with Crippen LogP contribution in [-0.2, 0) is 0 Å². The van der Waals surface area contributed by atoms with Gasteiger partial charge in [-0.05, 0) is 17.7 Å². The van der Waals surface area contributed by atoms with Gasteiger partial charge in [-0.1, -0.05) is 47.6 Å². The van der Waals surface area contributed by atoms with Crippen LogP contribution in [-0.4, -0.2) is 4.99 Å². The number of benzene rings is 1. The van der Waals surface area contributed by atoms with Gasteiger partial charge in [-0.25, -0.2) is 0 Å². The summed E-state index contributed by atoms with van der Waals surface area (Å²) in [4.78, 5) is 0.0357. The Labute approximate surface area is 103 Å². The van der Waals surface area contributed by atoms with Gasteiger partial charge in [0.15, 0.2) is 0 Å². The number of hydrogen-bond acceptors (Lipinski definition) is 2. The lowest BCUT2D eigenvalue weighted by Crippen LogP contribution is -2.09. The van der Waals surface area contributed by atoms with Crippen molar-refractivity contribution >= 4 is 46.5 Å². The Kier molecular flexibility index (Phi) is 4.10. The lowest BCUT2D eigenvalue weighted by molar-refractivity contribution is 1.51. The quantitative estimate of drug-likeness (QED) is 0.503. The summed E-state index contributed by atoms with van der Waals surface area (Å²) in [7, 11) is 0. The van der Waals surface area contributed by atoms with Crippen LogP contribution in [0.3, 0.4) is 0 Å². The van der Waals surface area contributed by atoms with Crippen LogP contribution >= 0.6 is 35.4 Å². The Morgan fingerprint density at radius 3 is 2.67 bits per heavy atom. The van der Waals surface area contributed by atoms with E-state index in [1.807, 2.05) is 6.07 Å². The molecule has 5 heteroatoms. The van der Waals surface area contributed by atoms with E-state index in [1.54, 1.807) is 18.2 Å². The van der Waals surface area contributed by atoms with Crippen molar-refractivity contribution in [2.75, 3.05) is 0 Å². The molecule has 0 aliphatic carbocycles. The molecule has 0 aliphatic rings. The molecule has 2 nitrogen and oxygen atoms in total. The van der Waals surface area contributed by atoms with E-state index in [9.17, 15) is 0 Å². The van der Waals surface area contributed by atoms with Crippen molar-refractivity contribution in [1.29, 1.82) is 5.26 Å². The van der Waals surface area contributed by atoms with E-state index in [0.29, 0.717) is 15.6 Å². The van der Waals surface area contributed by atoms with Gasteiger partial charge in [0.2, 0.25) is 0 Å². The molecule has 0 radical (unpaired) electrons. The first-order chi connectivity index (χ1) is 7.06. The predicted octanol–water partition coefficient (Wildman–Crippen LogP) is 3.19. The van der Waals surface area contributed by atoms with Crippen LogP contribution < -0.4 is 5.73 Å². The van der Waals surface area contributed by atoms with Crippen molar-refractivity contribution in [3.8, 4) is 6.07 Å². The van der Waals surface area contributed by atoms with Gasteiger partial charge in [0.1, 0.15) is 11.1 Å². The first kappa shape index (κ1) is 12.0. The minimum atomic E-state index is 0.0357. The Morgan fingerprint density at radius 1 is 1.47 bits per heavy atom. The van der Waals surface area contributed by atoms with Crippen molar-refractivity contribution in [3.05, 3.63) is 39.4 Å². The summed E-state index contributed by atoms with van der Waals surface area (Å²) in [5.41, 5.74) is 6.17. The summed E-state index contributed by atoms with van der Waals surface area (Å²) >= 11 is 16.4. The number of nitriles is 1. The molecule has 0 spiro atoms. The van der Waals surface area contributed by atoms with E-state index >= 15 is 0 Å². The van der Waals surface area contributed by atoms with E-state index in [1.165, 1.54) is 6.08 Å². The van der Waals surface area contributed by atoms with Gasteiger partial charge in [0.25, 0.3) is 0 Å². The number of rotatable bonds is 2. The molecule has 0 amide bonds. The molecule has 76 valence electrons. The third-order valence-electron chi connectivity index (χ3n) is 1.67. The van der Waals surface area contributed by atoms with Gasteiger partial charge in [-0.3, -0.25) is 0 Å². The maximum absolute atomic E-state index is 8.76. The minimum absolute atomic E-state index is 0.0357. The largest absolute Gasteiger partial charge is 0.389 e. The standard InChI is InChI=1S/C10H6Cl2N2S/c11-8-3-1-2-6(9(8)12)4-7(5-13)10(14)15/h1-4H,(H2,14,15). The minimum Gasteiger partial charge on any atom is -0.389 e. The van der Waals surface area contributed by atoms with Crippen molar-refractivity contribution in [3.63, 3.8) is 0 Å². The van der Waals surface area contributed by atoms with Gasteiger partial charge in [-0.2, -0.15) is 5.26 Å². The van der Waals surface area contributed by atoms with Crippen LogP contribution in [0.15, 0.2) is 23.8 Å². The maximum atomic E-state index is 8.76. The second-order valence-electron chi connectivity index (χ2n) is 2.68. The highest BCUT2D eigenvalue weighted by molar-refractivity contribution is 7.80. The molecule has 1 aromatic carbocycles. The summed E-state index contributed by atoms with van der Waals surface area (Å²) in [5, 5.41) is 9.56. The van der Waals surface area contributed by atoms with E-state index < -0.39 is 0 Å². The third-order valence-corrected chi connectivity index (χ3v) is 2.72. The molecular formula is C10H6Cl2N2S. The zero-order valence-electron chi connectivity index (χ0n) is 7.50. The van der Waals surface area contributed by atoms with Crippen molar-refractivity contribution in [1.82, 2.24) is 0 Å². The second-order valence-corrected chi connectivity index (χ2v) is 3.90. The number of halogens is 2. The summed E-state index contributed by atoms with van der Waals surface area (Å²) in [5.74, 6) is 0. The van der Waals surface area contributed by atoms with Crippen molar-refractivity contribution < 1.29 is 0 Å². The number of nitrogens with zero attached hydrogens (tertiary/aromatic N) is 1. The maximum Gasteiger partial charge on any atom is 0.114 e. The average molecular weight is 257 g/mol. The van der Waals surface area contributed by atoms with Crippen LogP contribution in [0, 0.1) is 11.3 Å². The number of thiocarbonyl (C=S) groups is 1. The molecule has 0 aromatic heterocycles. The fraction of sp³-hybridized carbons (Fsp3) is 0. The Hall–Kier alpha value is -1.08. The molecule has 0 saturated carbocycles. The predicted molar refractivity (Wildman–Crippen MR) is 66.8 cm³/mol. The fourth-order valence-electron chi connectivity index (χ4n) is 0.946. The SMILES string of the molecule is N#CC(=Cc1cccc(Cl)c1Cl)C(N)=S. The van der Waals surface area contributed by atoms with Crippen LogP contribution in [0.25, 0.3) is 6.08 Å². The van der Waals surface area contributed by atoms with Crippen LogP contribution in [0.4, 0.5) is 0 Å².